The van der Waals surface area contributed by atoms with Crippen molar-refractivity contribution in [1.82, 2.24) is 20.5 Å². The quantitative estimate of drug-likeness (QED) is 0.401. The van der Waals surface area contributed by atoms with Crippen LogP contribution in [0.1, 0.15) is 53.7 Å². The Kier molecular flexibility index (Phi) is 7.76. The number of hydrogen-bond donors (Lipinski definition) is 3. The molecule has 9 nitrogen and oxygen atoms in total. The molecule has 2 heterocycles. The number of para-hydroxylation sites is 1. The second-order valence-corrected chi connectivity index (χ2v) is 9.89. The normalized spacial score (nSPS) is 17.0. The van der Waals surface area contributed by atoms with Crippen LogP contribution in [0.3, 0.4) is 0 Å². The van der Waals surface area contributed by atoms with E-state index in [1.165, 1.54) is 23.2 Å². The Morgan fingerprint density at radius 1 is 1.11 bits per heavy atom. The summed E-state index contributed by atoms with van der Waals surface area (Å²) in [6.07, 6.45) is 1.15. The lowest BCUT2D eigenvalue weighted by molar-refractivity contribution is -0.128. The standard InChI is InChI=1S/C26H29N5O4S/c1-15(28-16(2)32)23(33)20-7-5-13-31(20)26(35)30-22(18-11-9-17(14-27)10-12-18)24(34)25-29-19-6-3-4-8-21(19)36-25/h3-4,6,8-12,15,20,22H,5,7,13-14,27H2,1-2H3,(H,28,32)(H,30,35)/t15-,20?,22?/m0/s1. The highest BCUT2D eigenvalue weighted by atomic mass is 32.1. The van der Waals surface area contributed by atoms with E-state index >= 15 is 0 Å². The lowest BCUT2D eigenvalue weighted by atomic mass is 10.0. The molecule has 1 fully saturated rings. The maximum atomic E-state index is 13.6. The Morgan fingerprint density at radius 2 is 1.83 bits per heavy atom. The molecule has 2 unspecified atom stereocenters. The Bertz CT molecular complexity index is 1260. The van der Waals surface area contributed by atoms with E-state index in [1.807, 2.05) is 36.4 Å². The third-order valence-electron chi connectivity index (χ3n) is 6.27. The number of urea groups is 1. The first-order valence-electron chi connectivity index (χ1n) is 11.8. The summed E-state index contributed by atoms with van der Waals surface area (Å²) >= 11 is 1.27. The molecule has 3 amide bonds. The minimum Gasteiger partial charge on any atom is -0.347 e. The van der Waals surface area contributed by atoms with E-state index in [4.69, 9.17) is 5.73 Å². The first kappa shape index (κ1) is 25.5. The summed E-state index contributed by atoms with van der Waals surface area (Å²) in [5.74, 6) is -0.884. The fourth-order valence-electron chi connectivity index (χ4n) is 4.42. The Morgan fingerprint density at radius 3 is 2.50 bits per heavy atom. The van der Waals surface area contributed by atoms with Gasteiger partial charge < -0.3 is 21.3 Å². The van der Waals surface area contributed by atoms with Crippen LogP contribution in [-0.2, 0) is 16.1 Å². The van der Waals surface area contributed by atoms with Crippen molar-refractivity contribution in [1.29, 1.82) is 0 Å². The van der Waals surface area contributed by atoms with Crippen LogP contribution in [0.25, 0.3) is 10.2 Å². The van der Waals surface area contributed by atoms with Gasteiger partial charge in [0.2, 0.25) is 11.7 Å². The summed E-state index contributed by atoms with van der Waals surface area (Å²) in [5.41, 5.74) is 7.93. The molecule has 10 heteroatoms. The summed E-state index contributed by atoms with van der Waals surface area (Å²) in [6, 6.07) is 11.7. The van der Waals surface area contributed by atoms with Gasteiger partial charge in [-0.15, -0.1) is 11.3 Å². The van der Waals surface area contributed by atoms with Crippen molar-refractivity contribution in [2.75, 3.05) is 6.54 Å². The van der Waals surface area contributed by atoms with Crippen LogP contribution in [0, 0.1) is 0 Å². The summed E-state index contributed by atoms with van der Waals surface area (Å²) in [6.45, 7) is 3.68. The van der Waals surface area contributed by atoms with Gasteiger partial charge in [-0.05, 0) is 43.0 Å². The number of nitrogens with two attached hydrogens (primary N) is 1. The molecule has 0 bridgehead atoms. The number of likely N-dealkylation sites (tertiary alicyclic amines) is 1. The predicted molar refractivity (Wildman–Crippen MR) is 138 cm³/mol. The van der Waals surface area contributed by atoms with Crippen molar-refractivity contribution in [2.24, 2.45) is 5.73 Å². The Hall–Kier alpha value is -3.63. The maximum Gasteiger partial charge on any atom is 0.318 e. The first-order valence-corrected chi connectivity index (χ1v) is 12.7. The second kappa shape index (κ2) is 11.0. The van der Waals surface area contributed by atoms with Crippen LogP contribution in [0.15, 0.2) is 48.5 Å². The van der Waals surface area contributed by atoms with Crippen LogP contribution >= 0.6 is 11.3 Å². The van der Waals surface area contributed by atoms with Gasteiger partial charge in [0, 0.05) is 20.0 Å². The summed E-state index contributed by atoms with van der Waals surface area (Å²) in [7, 11) is 0. The number of aromatic nitrogens is 1. The minimum atomic E-state index is -0.992. The van der Waals surface area contributed by atoms with Crippen molar-refractivity contribution >= 4 is 45.1 Å². The molecular formula is C26H29N5O4S. The molecule has 1 aromatic heterocycles. The third kappa shape index (κ3) is 5.44. The zero-order valence-corrected chi connectivity index (χ0v) is 21.0. The van der Waals surface area contributed by atoms with Gasteiger partial charge in [0.25, 0.3) is 0 Å². The van der Waals surface area contributed by atoms with Gasteiger partial charge >= 0.3 is 6.03 Å². The van der Waals surface area contributed by atoms with Gasteiger partial charge in [0.05, 0.1) is 22.3 Å². The number of carbonyl (C=O) groups is 4. The average Bonchev–Trinajstić information content (AvgIpc) is 3.53. The molecule has 1 aliphatic heterocycles. The van der Waals surface area contributed by atoms with Gasteiger partial charge in [0.1, 0.15) is 6.04 Å². The number of thiazole rings is 1. The van der Waals surface area contributed by atoms with Crippen LogP contribution < -0.4 is 16.4 Å². The van der Waals surface area contributed by atoms with E-state index in [2.05, 4.69) is 15.6 Å². The number of amides is 3. The highest BCUT2D eigenvalue weighted by Gasteiger charge is 2.38. The zero-order valence-electron chi connectivity index (χ0n) is 20.2. The zero-order chi connectivity index (χ0) is 25.8. The SMILES string of the molecule is CC(=O)N[C@@H](C)C(=O)C1CCCN1C(=O)NC(C(=O)c1nc2ccccc2s1)c1ccc(CN)cc1. The van der Waals surface area contributed by atoms with E-state index in [0.717, 1.165) is 10.3 Å². The Labute approximate surface area is 213 Å². The van der Waals surface area contributed by atoms with Crippen LogP contribution in [0.2, 0.25) is 0 Å². The molecule has 0 spiro atoms. The Balaban J connectivity index is 1.60. The molecule has 3 aromatic rings. The molecule has 36 heavy (non-hydrogen) atoms. The molecule has 3 atom stereocenters. The van der Waals surface area contributed by atoms with E-state index in [9.17, 15) is 19.2 Å². The number of nitrogens with one attached hydrogen (secondary N) is 2. The number of carbonyl (C=O) groups excluding carboxylic acids is 4. The van der Waals surface area contributed by atoms with Crippen molar-refractivity contribution in [2.45, 2.75) is 51.4 Å². The highest BCUT2D eigenvalue weighted by Crippen LogP contribution is 2.28. The van der Waals surface area contributed by atoms with E-state index in [-0.39, 0.29) is 22.5 Å². The van der Waals surface area contributed by atoms with Gasteiger partial charge in [0.15, 0.2) is 10.8 Å². The molecule has 2 aromatic carbocycles. The lowest BCUT2D eigenvalue weighted by Gasteiger charge is -2.28. The van der Waals surface area contributed by atoms with Crippen molar-refractivity contribution in [3.05, 3.63) is 64.7 Å². The van der Waals surface area contributed by atoms with Crippen LogP contribution in [-0.4, -0.2) is 52.0 Å². The van der Waals surface area contributed by atoms with E-state index < -0.39 is 24.2 Å². The number of nitrogens with zero attached hydrogens (tertiary/aromatic N) is 2. The topological polar surface area (TPSA) is 134 Å². The van der Waals surface area contributed by atoms with Gasteiger partial charge in [-0.1, -0.05) is 36.4 Å². The molecule has 1 saturated heterocycles. The fourth-order valence-corrected chi connectivity index (χ4v) is 5.36. The fraction of sp³-hybridized carbons (Fsp3) is 0.346. The van der Waals surface area contributed by atoms with Gasteiger partial charge in [-0.25, -0.2) is 9.78 Å². The summed E-state index contributed by atoms with van der Waals surface area (Å²) in [5, 5.41) is 5.73. The second-order valence-electron chi connectivity index (χ2n) is 8.86. The van der Waals surface area contributed by atoms with E-state index in [0.29, 0.717) is 37.0 Å². The molecular weight excluding hydrogens is 478 g/mol. The average molecular weight is 508 g/mol. The maximum absolute atomic E-state index is 13.6. The smallest absolute Gasteiger partial charge is 0.318 e. The first-order chi connectivity index (χ1) is 17.3. The van der Waals surface area contributed by atoms with Crippen LogP contribution in [0.5, 0.6) is 0 Å². The van der Waals surface area contributed by atoms with Crippen molar-refractivity contribution in [3.8, 4) is 0 Å². The molecule has 0 saturated carbocycles. The number of ketones is 2. The number of fused-ring (bicyclic) bond motifs is 1. The molecule has 0 radical (unpaired) electrons. The monoisotopic (exact) mass is 507 g/mol. The minimum absolute atomic E-state index is 0.237. The largest absolute Gasteiger partial charge is 0.347 e. The van der Waals surface area contributed by atoms with E-state index in [1.54, 1.807) is 19.1 Å². The van der Waals surface area contributed by atoms with Crippen molar-refractivity contribution in [3.63, 3.8) is 0 Å². The molecule has 4 rings (SSSR count). The number of hydrogen-bond acceptors (Lipinski definition) is 7. The van der Waals surface area contributed by atoms with Crippen LogP contribution in [0.4, 0.5) is 4.79 Å². The molecule has 1 aliphatic rings. The number of benzene rings is 2. The molecule has 0 aliphatic carbocycles. The summed E-state index contributed by atoms with van der Waals surface area (Å²) < 4.78 is 0.876. The van der Waals surface area contributed by atoms with Gasteiger partial charge in [-0.3, -0.25) is 14.4 Å². The number of Topliss-reactive ketones (excluding diaryl/α,β-unsaturated/α-hetero) is 2. The number of rotatable bonds is 8. The molecule has 188 valence electrons. The van der Waals surface area contributed by atoms with Gasteiger partial charge in [-0.2, -0.15) is 0 Å². The molecule has 4 N–H and O–H groups in total. The lowest BCUT2D eigenvalue weighted by Crippen LogP contribution is -2.52. The van der Waals surface area contributed by atoms with Crippen molar-refractivity contribution < 1.29 is 19.2 Å². The summed E-state index contributed by atoms with van der Waals surface area (Å²) in [4.78, 5) is 57.3. The third-order valence-corrected chi connectivity index (χ3v) is 7.32. The predicted octanol–water partition coefficient (Wildman–Crippen LogP) is 2.95. The highest BCUT2D eigenvalue weighted by molar-refractivity contribution is 7.20.